The van der Waals surface area contributed by atoms with Crippen molar-refractivity contribution in [2.75, 3.05) is 52.7 Å². The number of aryl methyl sites for hydroxylation is 1. The average Bonchev–Trinajstić information content (AvgIpc) is 4.07. The summed E-state index contributed by atoms with van der Waals surface area (Å²) in [5.74, 6) is -2.65. The second kappa shape index (κ2) is 25.8. The van der Waals surface area contributed by atoms with Crippen molar-refractivity contribution in [2.24, 2.45) is 29.6 Å². The molecular weight excluding hydrogens is 945 g/mol. The van der Waals surface area contributed by atoms with E-state index < -0.39 is 34.1 Å². The van der Waals surface area contributed by atoms with Gasteiger partial charge in [-0.05, 0) is 125 Å². The van der Waals surface area contributed by atoms with Gasteiger partial charge in [0.25, 0.3) is 0 Å². The van der Waals surface area contributed by atoms with Crippen molar-refractivity contribution in [3.8, 4) is 0 Å². The third kappa shape index (κ3) is 14.7. The number of aliphatic hydroxyl groups is 1. The molecule has 18 nitrogen and oxygen atoms in total. The van der Waals surface area contributed by atoms with Gasteiger partial charge in [0.1, 0.15) is 5.69 Å². The number of nitrogens with zero attached hydrogens (tertiary/aromatic N) is 6. The Morgan fingerprint density at radius 2 is 1.53 bits per heavy atom. The number of amides is 5. The Morgan fingerprint density at radius 1 is 0.878 bits per heavy atom. The van der Waals surface area contributed by atoms with Crippen LogP contribution in [0.4, 0.5) is 0 Å². The summed E-state index contributed by atoms with van der Waals surface area (Å²) in [6.45, 7) is 22.4. The molecule has 2 spiro atoms. The first kappa shape index (κ1) is 59.2. The fraction of sp³-hybridized carbons (Fsp3) is 0.804. The molecule has 0 aromatic carbocycles. The molecule has 5 amide bonds. The van der Waals surface area contributed by atoms with Gasteiger partial charge in [-0.25, -0.2) is 0 Å². The van der Waals surface area contributed by atoms with Crippen LogP contribution in [0.15, 0.2) is 30.5 Å². The predicted molar refractivity (Wildman–Crippen MR) is 280 cm³/mol. The summed E-state index contributed by atoms with van der Waals surface area (Å²) in [6, 6.07) is 0. The van der Waals surface area contributed by atoms with Gasteiger partial charge in [-0.1, -0.05) is 61.5 Å². The normalized spacial score (nSPS) is 23.9. The molecule has 3 heterocycles. The van der Waals surface area contributed by atoms with Crippen molar-refractivity contribution in [3.63, 3.8) is 0 Å². The molecule has 5 atom stereocenters. The Balaban J connectivity index is 1.07. The van der Waals surface area contributed by atoms with E-state index in [1.165, 1.54) is 11.3 Å². The van der Waals surface area contributed by atoms with Crippen LogP contribution in [0.25, 0.3) is 0 Å². The molecule has 74 heavy (non-hydrogen) atoms. The van der Waals surface area contributed by atoms with Crippen molar-refractivity contribution < 1.29 is 48.5 Å². The quantitative estimate of drug-likeness (QED) is 0.0392. The van der Waals surface area contributed by atoms with Crippen LogP contribution >= 0.6 is 0 Å². The van der Waals surface area contributed by atoms with E-state index in [4.69, 9.17) is 19.3 Å². The number of carbonyl (C=O) groups excluding carboxylic acids is 5. The zero-order valence-corrected chi connectivity index (χ0v) is 46.3. The Labute approximate surface area is 441 Å². The number of imide groups is 1. The summed E-state index contributed by atoms with van der Waals surface area (Å²) in [4.78, 5) is 73.5. The lowest BCUT2D eigenvalue weighted by atomic mass is 9.72. The van der Waals surface area contributed by atoms with Crippen LogP contribution < -0.4 is 10.6 Å². The maximum absolute atomic E-state index is 14.4. The van der Waals surface area contributed by atoms with Crippen LogP contribution in [-0.4, -0.2) is 150 Å². The molecule has 6 rings (SSSR count). The van der Waals surface area contributed by atoms with Crippen molar-refractivity contribution >= 4 is 29.5 Å². The van der Waals surface area contributed by atoms with E-state index in [1.54, 1.807) is 26.9 Å². The van der Waals surface area contributed by atoms with E-state index in [1.807, 2.05) is 55.4 Å². The number of aromatic nitrogens is 3. The molecule has 2 saturated heterocycles. The molecule has 0 radical (unpaired) electrons. The minimum absolute atomic E-state index is 0.00565. The number of hydroxylamine groups is 2. The van der Waals surface area contributed by atoms with Crippen LogP contribution in [0, 0.1) is 29.6 Å². The smallest absolute Gasteiger partial charge is 0.234 e. The van der Waals surface area contributed by atoms with Crippen LogP contribution in [-0.2, 0) is 51.3 Å². The average molecular weight is 1040 g/mol. The number of rotatable bonds is 28. The monoisotopic (exact) mass is 1040 g/mol. The minimum Gasteiger partial charge on any atom is -0.394 e. The van der Waals surface area contributed by atoms with Crippen molar-refractivity contribution in [1.29, 1.82) is 0 Å². The van der Waals surface area contributed by atoms with Gasteiger partial charge in [-0.2, -0.15) is 5.06 Å². The first-order chi connectivity index (χ1) is 35.1. The highest BCUT2D eigenvalue weighted by Gasteiger charge is 2.63. The maximum Gasteiger partial charge on any atom is 0.234 e. The minimum atomic E-state index is -1.11. The third-order valence-electron chi connectivity index (χ3n) is 16.7. The molecule has 18 heteroatoms. The highest BCUT2D eigenvalue weighted by atomic mass is 16.5. The van der Waals surface area contributed by atoms with E-state index in [0.29, 0.717) is 77.3 Å². The number of hydrogen-bond acceptors (Lipinski definition) is 13. The summed E-state index contributed by atoms with van der Waals surface area (Å²) in [5.41, 5.74) is -1.43. The van der Waals surface area contributed by atoms with Gasteiger partial charge >= 0.3 is 0 Å². The van der Waals surface area contributed by atoms with Gasteiger partial charge < -0.3 is 40.1 Å². The largest absolute Gasteiger partial charge is 0.394 e. The number of allylic oxidation sites excluding steroid dienone is 3. The molecule has 3 aliphatic carbocycles. The third-order valence-corrected chi connectivity index (χ3v) is 16.7. The second-order valence-electron chi connectivity index (χ2n) is 24.3. The van der Waals surface area contributed by atoms with Crippen molar-refractivity contribution in [2.45, 2.75) is 205 Å². The summed E-state index contributed by atoms with van der Waals surface area (Å²) in [7, 11) is 0. The first-order valence-corrected chi connectivity index (χ1v) is 27.9. The highest BCUT2D eigenvalue weighted by Crippen LogP contribution is 2.56. The van der Waals surface area contributed by atoms with Crippen molar-refractivity contribution in [3.05, 3.63) is 36.2 Å². The van der Waals surface area contributed by atoms with E-state index in [9.17, 15) is 29.2 Å². The zero-order valence-electron chi connectivity index (χ0n) is 46.3. The van der Waals surface area contributed by atoms with Crippen LogP contribution in [0.2, 0.25) is 0 Å². The van der Waals surface area contributed by atoms with Crippen LogP contribution in [0.3, 0.4) is 0 Å². The number of hydrogen-bond donors (Lipinski definition) is 4. The molecule has 5 aliphatic rings. The Kier molecular flexibility index (Phi) is 20.7. The summed E-state index contributed by atoms with van der Waals surface area (Å²) in [5, 5.41) is 37.4. The molecule has 416 valence electrons. The SMILES string of the molecule is C=CC1CC(C=C(C)C)C2C(=O)N(C(C)(C)CN(Cc3cn(CCCNC(=O)C4CC5(CCCCC5)N(O)C45CCCCC5)nn3)C(=O)CCC(=O)NC(C)(C)CCOC(C)(C)CCOCCOCCO)C(=O)C12. The Morgan fingerprint density at radius 3 is 2.18 bits per heavy atom. The fourth-order valence-electron chi connectivity index (χ4n) is 12.9. The Bertz CT molecular complexity index is 2100. The Hall–Kier alpha value is -4.07. The lowest BCUT2D eigenvalue weighted by Gasteiger charge is -2.47. The molecule has 1 aromatic rings. The van der Waals surface area contributed by atoms with E-state index in [0.717, 1.165) is 63.4 Å². The van der Waals surface area contributed by atoms with Gasteiger partial charge in [0.15, 0.2) is 0 Å². The van der Waals surface area contributed by atoms with Crippen molar-refractivity contribution in [1.82, 2.24) is 40.5 Å². The van der Waals surface area contributed by atoms with E-state index in [2.05, 4.69) is 33.6 Å². The maximum atomic E-state index is 14.4. The van der Waals surface area contributed by atoms with Gasteiger partial charge in [0, 0.05) is 56.8 Å². The number of aliphatic hydroxyl groups excluding tert-OH is 1. The van der Waals surface area contributed by atoms with Gasteiger partial charge in [-0.15, -0.1) is 11.7 Å². The zero-order chi connectivity index (χ0) is 53.9. The lowest BCUT2D eigenvalue weighted by Crippen LogP contribution is -2.56. The standard InChI is InChI=1S/C56H92N8O10/c1-10-41-35-42(34-40(2)3)48-47(41)50(69)63(51(48)70)53(6,7)39-61(46(67)19-18-45(66)58-52(4,5)24-30-74-54(8,9)25-29-72-32-33-73-31-28-65)37-43-38-62(60-59-43)27-17-26-57-49(68)44-36-55(20-13-11-14-21-55)64(71)56(44)22-15-12-16-23-56/h10,34,38,41-42,44,47-48,65,71H,1,11-33,35-37,39H2,2-9H3,(H,57,68)(H,58,66). The fourth-order valence-corrected chi connectivity index (χ4v) is 12.9. The lowest BCUT2D eigenvalue weighted by molar-refractivity contribution is -0.231. The second-order valence-corrected chi connectivity index (χ2v) is 24.3. The number of carbonyl (C=O) groups is 5. The van der Waals surface area contributed by atoms with Crippen LogP contribution in [0.5, 0.6) is 0 Å². The molecule has 2 aliphatic heterocycles. The number of ether oxygens (including phenoxy) is 3. The molecule has 0 bridgehead atoms. The summed E-state index contributed by atoms with van der Waals surface area (Å²) >= 11 is 0. The molecule has 3 saturated carbocycles. The summed E-state index contributed by atoms with van der Waals surface area (Å²) in [6.07, 6.45) is 18.6. The molecular formula is C56H92N8O10. The number of fused-ring (bicyclic) bond motifs is 1. The highest BCUT2D eigenvalue weighted by molar-refractivity contribution is 6.07. The first-order valence-electron chi connectivity index (χ1n) is 27.9. The molecule has 5 fully saturated rings. The molecule has 5 unspecified atom stereocenters. The topological polar surface area (TPSA) is 218 Å². The number of nitrogens with one attached hydrogen (secondary N) is 2. The van der Waals surface area contributed by atoms with E-state index in [-0.39, 0.29) is 92.0 Å². The van der Waals surface area contributed by atoms with Gasteiger partial charge in [0.05, 0.1) is 73.6 Å². The summed E-state index contributed by atoms with van der Waals surface area (Å²) < 4.78 is 18.8. The van der Waals surface area contributed by atoms with Gasteiger partial charge in [0.2, 0.25) is 29.5 Å². The van der Waals surface area contributed by atoms with E-state index >= 15 is 0 Å². The molecule has 4 N–H and O–H groups in total. The van der Waals surface area contributed by atoms with Gasteiger partial charge in [-0.3, -0.25) is 33.6 Å². The number of likely N-dealkylation sites (tertiary alicyclic amines) is 1. The van der Waals surface area contributed by atoms with Crippen LogP contribution in [0.1, 0.15) is 170 Å². The predicted octanol–water partition coefficient (Wildman–Crippen LogP) is 6.67. The molecule has 1 aromatic heterocycles.